The van der Waals surface area contributed by atoms with Crippen molar-refractivity contribution >= 4 is 67.3 Å². The van der Waals surface area contributed by atoms with Gasteiger partial charge in [0.25, 0.3) is 0 Å². The zero-order valence-corrected chi connectivity index (χ0v) is 16.1. The normalized spacial score (nSPS) is 10.9. The van der Waals surface area contributed by atoms with Gasteiger partial charge in [0.05, 0.1) is 5.39 Å². The predicted molar refractivity (Wildman–Crippen MR) is 110 cm³/mol. The van der Waals surface area contributed by atoms with Gasteiger partial charge in [0.15, 0.2) is 0 Å². The van der Waals surface area contributed by atoms with Gasteiger partial charge in [0, 0.05) is 25.2 Å². The first-order valence-electron chi connectivity index (χ1n) is 7.21. The molecular weight excluding hydrogens is 453 g/mol. The Labute approximate surface area is 161 Å². The SMILES string of the molecule is Clc1ccc(-c2csc3ncnc(Nc4ccc(I)cc4)c23)cc1. The van der Waals surface area contributed by atoms with E-state index in [4.69, 9.17) is 11.6 Å². The van der Waals surface area contributed by atoms with E-state index in [0.717, 1.165) is 37.9 Å². The Morgan fingerprint density at radius 1 is 0.958 bits per heavy atom. The third-order valence-corrected chi connectivity index (χ3v) is 5.49. The van der Waals surface area contributed by atoms with Crippen molar-refractivity contribution in [3.05, 3.63) is 68.8 Å². The van der Waals surface area contributed by atoms with Crippen molar-refractivity contribution in [1.82, 2.24) is 9.97 Å². The second-order valence-electron chi connectivity index (χ2n) is 5.19. The van der Waals surface area contributed by atoms with Crippen molar-refractivity contribution in [2.45, 2.75) is 0 Å². The van der Waals surface area contributed by atoms with Crippen molar-refractivity contribution in [1.29, 1.82) is 0 Å². The topological polar surface area (TPSA) is 37.8 Å². The van der Waals surface area contributed by atoms with Gasteiger partial charge in [-0.25, -0.2) is 9.97 Å². The van der Waals surface area contributed by atoms with Gasteiger partial charge in [0.1, 0.15) is 17.0 Å². The van der Waals surface area contributed by atoms with Crippen molar-refractivity contribution in [3.8, 4) is 11.1 Å². The number of thiophene rings is 1. The molecule has 118 valence electrons. The average molecular weight is 464 g/mol. The van der Waals surface area contributed by atoms with Gasteiger partial charge >= 0.3 is 0 Å². The van der Waals surface area contributed by atoms with Crippen LogP contribution in [0.5, 0.6) is 0 Å². The van der Waals surface area contributed by atoms with Crippen LogP contribution in [0.3, 0.4) is 0 Å². The Balaban J connectivity index is 1.82. The van der Waals surface area contributed by atoms with Crippen molar-refractivity contribution < 1.29 is 0 Å². The second kappa shape index (κ2) is 6.66. The fourth-order valence-corrected chi connectivity index (χ4v) is 3.88. The third kappa shape index (κ3) is 3.11. The molecule has 2 heterocycles. The van der Waals surface area contributed by atoms with Crippen LogP contribution in [-0.2, 0) is 0 Å². The minimum atomic E-state index is 0.728. The first-order chi connectivity index (χ1) is 11.7. The zero-order chi connectivity index (χ0) is 16.5. The lowest BCUT2D eigenvalue weighted by Crippen LogP contribution is -1.95. The number of hydrogen-bond acceptors (Lipinski definition) is 4. The summed E-state index contributed by atoms with van der Waals surface area (Å²) < 4.78 is 1.20. The molecule has 0 atom stereocenters. The number of fused-ring (bicyclic) bond motifs is 1. The number of hydrogen-bond donors (Lipinski definition) is 1. The predicted octanol–water partition coefficient (Wildman–Crippen LogP) is 6.36. The summed E-state index contributed by atoms with van der Waals surface area (Å²) in [4.78, 5) is 9.82. The van der Waals surface area contributed by atoms with Crippen LogP contribution in [0.1, 0.15) is 0 Å². The van der Waals surface area contributed by atoms with E-state index in [-0.39, 0.29) is 0 Å². The lowest BCUT2D eigenvalue weighted by Gasteiger charge is -2.08. The Kier molecular flexibility index (Phi) is 4.39. The highest BCUT2D eigenvalue weighted by Gasteiger charge is 2.13. The molecule has 2 aromatic carbocycles. The summed E-state index contributed by atoms with van der Waals surface area (Å²) in [6.07, 6.45) is 1.60. The molecule has 0 fully saturated rings. The summed E-state index contributed by atoms with van der Waals surface area (Å²) in [6.45, 7) is 0. The van der Waals surface area contributed by atoms with Crippen molar-refractivity contribution in [3.63, 3.8) is 0 Å². The van der Waals surface area contributed by atoms with E-state index in [9.17, 15) is 0 Å². The smallest absolute Gasteiger partial charge is 0.143 e. The van der Waals surface area contributed by atoms with Gasteiger partial charge in [0.2, 0.25) is 0 Å². The molecule has 0 aliphatic heterocycles. The van der Waals surface area contributed by atoms with Gasteiger partial charge < -0.3 is 5.32 Å². The van der Waals surface area contributed by atoms with Crippen LogP contribution in [0.2, 0.25) is 5.02 Å². The van der Waals surface area contributed by atoms with Gasteiger partial charge in [-0.2, -0.15) is 0 Å². The second-order valence-corrected chi connectivity index (χ2v) is 7.73. The highest BCUT2D eigenvalue weighted by atomic mass is 127. The molecule has 0 amide bonds. The van der Waals surface area contributed by atoms with Gasteiger partial charge in [-0.15, -0.1) is 11.3 Å². The quantitative estimate of drug-likeness (QED) is 0.359. The van der Waals surface area contributed by atoms with E-state index in [1.54, 1.807) is 17.7 Å². The number of aromatic nitrogens is 2. The summed E-state index contributed by atoms with van der Waals surface area (Å²) in [6, 6.07) is 16.1. The Bertz CT molecular complexity index is 997. The zero-order valence-electron chi connectivity index (χ0n) is 12.3. The third-order valence-electron chi connectivity index (χ3n) is 3.63. The van der Waals surface area contributed by atoms with Gasteiger partial charge in [-0.05, 0) is 64.6 Å². The summed E-state index contributed by atoms with van der Waals surface area (Å²) in [5.41, 5.74) is 3.22. The number of benzene rings is 2. The standard InChI is InChI=1S/C18H11ClIN3S/c19-12-3-1-11(2-4-12)15-9-24-18-16(15)17(21-10-22-18)23-14-7-5-13(20)6-8-14/h1-10H,(H,21,22,23). The monoisotopic (exact) mass is 463 g/mol. The first kappa shape index (κ1) is 15.8. The van der Waals surface area contributed by atoms with Crippen molar-refractivity contribution in [2.24, 2.45) is 0 Å². The van der Waals surface area contributed by atoms with Crippen LogP contribution in [0.4, 0.5) is 11.5 Å². The molecule has 0 aliphatic rings. The van der Waals surface area contributed by atoms with E-state index in [2.05, 4.69) is 55.4 Å². The fourth-order valence-electron chi connectivity index (χ4n) is 2.48. The lowest BCUT2D eigenvalue weighted by atomic mass is 10.1. The number of halogens is 2. The van der Waals surface area contributed by atoms with Crippen LogP contribution < -0.4 is 5.32 Å². The largest absolute Gasteiger partial charge is 0.340 e. The highest BCUT2D eigenvalue weighted by Crippen LogP contribution is 2.37. The highest BCUT2D eigenvalue weighted by molar-refractivity contribution is 14.1. The molecule has 0 saturated carbocycles. The molecule has 2 aromatic heterocycles. The molecule has 6 heteroatoms. The van der Waals surface area contributed by atoms with Crippen LogP contribution in [-0.4, -0.2) is 9.97 Å². The van der Waals surface area contributed by atoms with E-state index in [1.165, 1.54) is 3.57 Å². The maximum atomic E-state index is 6.01. The van der Waals surface area contributed by atoms with Crippen LogP contribution in [0.25, 0.3) is 21.3 Å². The fraction of sp³-hybridized carbons (Fsp3) is 0. The summed E-state index contributed by atoms with van der Waals surface area (Å²) in [5.74, 6) is 0.812. The summed E-state index contributed by atoms with van der Waals surface area (Å²) in [5, 5.41) is 7.28. The van der Waals surface area contributed by atoms with E-state index in [0.29, 0.717) is 0 Å². The average Bonchev–Trinajstić information content (AvgIpc) is 3.03. The van der Waals surface area contributed by atoms with E-state index < -0.39 is 0 Å². The molecule has 1 N–H and O–H groups in total. The van der Waals surface area contributed by atoms with E-state index in [1.807, 2.05) is 36.4 Å². The Hall–Kier alpha value is -1.70. The number of anilines is 2. The molecule has 0 saturated heterocycles. The number of nitrogens with zero attached hydrogens (tertiary/aromatic N) is 2. The van der Waals surface area contributed by atoms with Crippen molar-refractivity contribution in [2.75, 3.05) is 5.32 Å². The Morgan fingerprint density at radius 3 is 2.46 bits per heavy atom. The molecule has 0 bridgehead atoms. The number of nitrogens with one attached hydrogen (secondary N) is 1. The maximum absolute atomic E-state index is 6.01. The molecule has 0 aliphatic carbocycles. The minimum Gasteiger partial charge on any atom is -0.340 e. The molecule has 0 unspecified atom stereocenters. The first-order valence-corrected chi connectivity index (χ1v) is 9.55. The molecule has 4 rings (SSSR count). The molecular formula is C18H11ClIN3S. The summed E-state index contributed by atoms with van der Waals surface area (Å²) >= 11 is 9.92. The molecule has 24 heavy (non-hydrogen) atoms. The minimum absolute atomic E-state index is 0.728. The number of rotatable bonds is 3. The lowest BCUT2D eigenvalue weighted by molar-refractivity contribution is 1.23. The van der Waals surface area contributed by atoms with Crippen LogP contribution in [0.15, 0.2) is 60.2 Å². The van der Waals surface area contributed by atoms with Crippen LogP contribution in [0, 0.1) is 3.57 Å². The van der Waals surface area contributed by atoms with Gasteiger partial charge in [-0.3, -0.25) is 0 Å². The maximum Gasteiger partial charge on any atom is 0.143 e. The molecule has 0 spiro atoms. The molecule has 0 radical (unpaired) electrons. The summed E-state index contributed by atoms with van der Waals surface area (Å²) in [7, 11) is 0. The molecule has 4 aromatic rings. The van der Waals surface area contributed by atoms with Gasteiger partial charge in [-0.1, -0.05) is 23.7 Å². The van der Waals surface area contributed by atoms with Crippen LogP contribution >= 0.6 is 45.5 Å². The molecule has 3 nitrogen and oxygen atoms in total. The van der Waals surface area contributed by atoms with E-state index >= 15 is 0 Å². The Morgan fingerprint density at radius 2 is 1.71 bits per heavy atom.